The van der Waals surface area contributed by atoms with Gasteiger partial charge in [-0.25, -0.2) is 0 Å². The van der Waals surface area contributed by atoms with Crippen molar-refractivity contribution in [3.8, 4) is 0 Å². The van der Waals surface area contributed by atoms with Crippen molar-refractivity contribution in [3.05, 3.63) is 27.7 Å². The lowest BCUT2D eigenvalue weighted by Crippen LogP contribution is -2.27. The van der Waals surface area contributed by atoms with E-state index in [1.165, 1.54) is 0 Å². The summed E-state index contributed by atoms with van der Waals surface area (Å²) in [6.07, 6.45) is 0.816. The molecule has 1 aliphatic rings. The van der Waals surface area contributed by atoms with Crippen molar-refractivity contribution in [1.82, 2.24) is 0 Å². The molecule has 1 aromatic carbocycles. The number of amides is 1. The molecule has 0 fully saturated rings. The third-order valence-corrected chi connectivity index (χ3v) is 3.81. The summed E-state index contributed by atoms with van der Waals surface area (Å²) in [6, 6.07) is 4.23. The Labute approximate surface area is 110 Å². The minimum absolute atomic E-state index is 0.0474. The normalized spacial score (nSPS) is 18.8. The number of halogens is 1. The van der Waals surface area contributed by atoms with Gasteiger partial charge in [0.25, 0.3) is 0 Å². The first kappa shape index (κ1) is 12.6. The first-order valence-corrected chi connectivity index (χ1v) is 6.51. The first-order chi connectivity index (χ1) is 7.82. The molecule has 92 valence electrons. The molecular formula is C13H17BrN2O. The lowest BCUT2D eigenvalue weighted by molar-refractivity contribution is -0.119. The molecule has 1 heterocycles. The first-order valence-electron chi connectivity index (χ1n) is 5.72. The maximum absolute atomic E-state index is 11.9. The lowest BCUT2D eigenvalue weighted by atomic mass is 9.85. The predicted molar refractivity (Wildman–Crippen MR) is 73.2 cm³/mol. The second kappa shape index (κ2) is 4.10. The summed E-state index contributed by atoms with van der Waals surface area (Å²) < 4.78 is 0.935. The zero-order valence-corrected chi connectivity index (χ0v) is 11.9. The Morgan fingerprint density at radius 2 is 2.12 bits per heavy atom. The van der Waals surface area contributed by atoms with Crippen molar-refractivity contribution in [2.45, 2.75) is 38.6 Å². The summed E-state index contributed by atoms with van der Waals surface area (Å²) in [5.74, 6) is 0.0474. The largest absolute Gasteiger partial charge is 0.328 e. The maximum Gasteiger partial charge on any atom is 0.234 e. The Balaban J connectivity index is 2.51. The van der Waals surface area contributed by atoms with Gasteiger partial charge < -0.3 is 11.1 Å². The molecule has 1 amide bonds. The van der Waals surface area contributed by atoms with Crippen molar-refractivity contribution in [3.63, 3.8) is 0 Å². The fraction of sp³-hybridized carbons (Fsp3) is 0.462. The molecule has 17 heavy (non-hydrogen) atoms. The Kier molecular flexibility index (Phi) is 3.04. The van der Waals surface area contributed by atoms with Crippen LogP contribution in [0.3, 0.4) is 0 Å². The minimum Gasteiger partial charge on any atom is -0.328 e. The van der Waals surface area contributed by atoms with Crippen molar-refractivity contribution in [2.24, 2.45) is 5.73 Å². The van der Waals surface area contributed by atoms with E-state index in [1.807, 2.05) is 26.8 Å². The summed E-state index contributed by atoms with van der Waals surface area (Å²) >= 11 is 3.51. The lowest BCUT2D eigenvalue weighted by Gasteiger charge is -2.17. The minimum atomic E-state index is -0.467. The fourth-order valence-electron chi connectivity index (χ4n) is 2.16. The number of nitrogens with one attached hydrogen (secondary N) is 1. The number of anilines is 1. The molecule has 0 spiro atoms. The van der Waals surface area contributed by atoms with E-state index >= 15 is 0 Å². The molecule has 1 unspecified atom stereocenters. The van der Waals surface area contributed by atoms with Crippen LogP contribution in [0.2, 0.25) is 0 Å². The van der Waals surface area contributed by atoms with Crippen molar-refractivity contribution >= 4 is 27.5 Å². The molecular weight excluding hydrogens is 280 g/mol. The van der Waals surface area contributed by atoms with Gasteiger partial charge in [-0.05, 0) is 60.3 Å². The van der Waals surface area contributed by atoms with Crippen LogP contribution in [0.15, 0.2) is 16.6 Å². The molecule has 0 aliphatic carbocycles. The van der Waals surface area contributed by atoms with Gasteiger partial charge in [0.2, 0.25) is 5.91 Å². The number of rotatable bonds is 2. The van der Waals surface area contributed by atoms with Gasteiger partial charge in [-0.2, -0.15) is 0 Å². The second-order valence-corrected chi connectivity index (χ2v) is 6.12. The summed E-state index contributed by atoms with van der Waals surface area (Å²) in [4.78, 5) is 11.9. The zero-order chi connectivity index (χ0) is 12.8. The van der Waals surface area contributed by atoms with Gasteiger partial charge in [0.1, 0.15) is 0 Å². The Bertz CT molecular complexity index is 481. The zero-order valence-electron chi connectivity index (χ0n) is 10.3. The smallest absolute Gasteiger partial charge is 0.234 e. The van der Waals surface area contributed by atoms with E-state index < -0.39 is 5.41 Å². The van der Waals surface area contributed by atoms with Crippen LogP contribution in [0, 0.1) is 0 Å². The number of hydrogen-bond donors (Lipinski definition) is 2. The van der Waals surface area contributed by atoms with Crippen LogP contribution < -0.4 is 11.1 Å². The molecule has 4 heteroatoms. The predicted octanol–water partition coefficient (Wildman–Crippen LogP) is 2.57. The third-order valence-electron chi connectivity index (χ3n) is 3.19. The van der Waals surface area contributed by atoms with Gasteiger partial charge in [-0.15, -0.1) is 0 Å². The summed E-state index contributed by atoms with van der Waals surface area (Å²) in [5.41, 5.74) is 8.46. The molecule has 0 radical (unpaired) electrons. The van der Waals surface area contributed by atoms with Gasteiger partial charge in [-0.3, -0.25) is 4.79 Å². The quantitative estimate of drug-likeness (QED) is 0.881. The van der Waals surface area contributed by atoms with Crippen LogP contribution in [0.25, 0.3) is 0 Å². The van der Waals surface area contributed by atoms with E-state index in [0.29, 0.717) is 0 Å². The highest BCUT2D eigenvalue weighted by atomic mass is 79.9. The molecule has 0 saturated carbocycles. The number of hydrogen-bond acceptors (Lipinski definition) is 2. The van der Waals surface area contributed by atoms with Gasteiger partial charge in [0.15, 0.2) is 0 Å². The average Bonchev–Trinajstić information content (AvgIpc) is 2.40. The van der Waals surface area contributed by atoms with Crippen LogP contribution in [-0.2, 0) is 16.6 Å². The van der Waals surface area contributed by atoms with E-state index in [2.05, 4.69) is 27.3 Å². The number of nitrogens with two attached hydrogens (primary N) is 1. The number of benzene rings is 1. The highest BCUT2D eigenvalue weighted by Gasteiger charge is 2.39. The summed E-state index contributed by atoms with van der Waals surface area (Å²) in [5, 5.41) is 2.92. The number of fused-ring (bicyclic) bond motifs is 1. The van der Waals surface area contributed by atoms with Crippen LogP contribution >= 0.6 is 15.9 Å². The molecule has 0 saturated heterocycles. The van der Waals surface area contributed by atoms with Crippen LogP contribution in [0.5, 0.6) is 0 Å². The van der Waals surface area contributed by atoms with Crippen LogP contribution in [0.1, 0.15) is 31.9 Å². The average molecular weight is 297 g/mol. The molecule has 2 rings (SSSR count). The van der Waals surface area contributed by atoms with E-state index in [4.69, 9.17) is 5.73 Å². The fourth-order valence-corrected chi connectivity index (χ4v) is 2.77. The van der Waals surface area contributed by atoms with Crippen LogP contribution in [-0.4, -0.2) is 11.9 Å². The molecule has 1 aliphatic heterocycles. The standard InChI is InChI=1S/C13H17BrN2O/c1-7(15)4-8-5-9-11(10(14)6-8)16-12(17)13(9,2)3/h5-7H,4,15H2,1-3H3,(H,16,17). The SMILES string of the molecule is CC(N)Cc1cc(Br)c2c(c1)C(C)(C)C(=O)N2. The molecule has 3 N–H and O–H groups in total. The van der Waals surface area contributed by atoms with E-state index in [0.717, 1.165) is 27.7 Å². The Morgan fingerprint density at radius 3 is 2.71 bits per heavy atom. The van der Waals surface area contributed by atoms with Crippen molar-refractivity contribution in [2.75, 3.05) is 5.32 Å². The highest BCUT2D eigenvalue weighted by molar-refractivity contribution is 9.10. The summed E-state index contributed by atoms with van der Waals surface area (Å²) in [6.45, 7) is 5.86. The Hall–Kier alpha value is -0.870. The highest BCUT2D eigenvalue weighted by Crippen LogP contribution is 2.42. The second-order valence-electron chi connectivity index (χ2n) is 5.26. The van der Waals surface area contributed by atoms with Gasteiger partial charge in [-0.1, -0.05) is 6.07 Å². The van der Waals surface area contributed by atoms with Crippen molar-refractivity contribution in [1.29, 1.82) is 0 Å². The van der Waals surface area contributed by atoms with E-state index in [1.54, 1.807) is 0 Å². The van der Waals surface area contributed by atoms with Crippen LogP contribution in [0.4, 0.5) is 5.69 Å². The van der Waals surface area contributed by atoms with Crippen molar-refractivity contribution < 1.29 is 4.79 Å². The van der Waals surface area contributed by atoms with E-state index in [-0.39, 0.29) is 11.9 Å². The van der Waals surface area contributed by atoms with E-state index in [9.17, 15) is 4.79 Å². The number of carbonyl (C=O) groups excluding carboxylic acids is 1. The van der Waals surface area contributed by atoms with Gasteiger partial charge in [0.05, 0.1) is 11.1 Å². The monoisotopic (exact) mass is 296 g/mol. The molecule has 1 atom stereocenters. The molecule has 1 aromatic rings. The van der Waals surface area contributed by atoms with Gasteiger partial charge >= 0.3 is 0 Å². The Morgan fingerprint density at radius 1 is 1.47 bits per heavy atom. The maximum atomic E-state index is 11.9. The molecule has 0 bridgehead atoms. The molecule has 0 aromatic heterocycles. The van der Waals surface area contributed by atoms with Gasteiger partial charge in [0, 0.05) is 10.5 Å². The number of carbonyl (C=O) groups is 1. The topological polar surface area (TPSA) is 55.1 Å². The summed E-state index contributed by atoms with van der Waals surface area (Å²) in [7, 11) is 0. The third kappa shape index (κ3) is 2.11. The molecule has 3 nitrogen and oxygen atoms in total.